The SMILES string of the molecule is O=S(=O)(N[C@@H]1CC[C@H]2OCCO[C@H]2C1)c1ccc(F)c(F)c1. The van der Waals surface area contributed by atoms with Crippen LogP contribution >= 0.6 is 0 Å². The van der Waals surface area contributed by atoms with E-state index in [0.717, 1.165) is 12.1 Å². The molecule has 0 spiro atoms. The maximum absolute atomic E-state index is 13.2. The van der Waals surface area contributed by atoms with Crippen molar-refractivity contribution < 1.29 is 26.7 Å². The van der Waals surface area contributed by atoms with Crippen molar-refractivity contribution in [2.75, 3.05) is 13.2 Å². The predicted molar refractivity (Wildman–Crippen MR) is 73.8 cm³/mol. The molecule has 1 aliphatic carbocycles. The summed E-state index contributed by atoms with van der Waals surface area (Å²) in [5.74, 6) is -2.26. The summed E-state index contributed by atoms with van der Waals surface area (Å²) >= 11 is 0. The van der Waals surface area contributed by atoms with Gasteiger partial charge >= 0.3 is 0 Å². The van der Waals surface area contributed by atoms with Crippen LogP contribution in [0.4, 0.5) is 8.78 Å². The summed E-state index contributed by atoms with van der Waals surface area (Å²) < 4.78 is 64.3. The van der Waals surface area contributed by atoms with Gasteiger partial charge in [0.15, 0.2) is 11.6 Å². The van der Waals surface area contributed by atoms with Gasteiger partial charge < -0.3 is 9.47 Å². The molecule has 1 aliphatic heterocycles. The van der Waals surface area contributed by atoms with E-state index < -0.39 is 21.7 Å². The summed E-state index contributed by atoms with van der Waals surface area (Å²) in [5.41, 5.74) is 0. The molecule has 3 atom stereocenters. The van der Waals surface area contributed by atoms with Crippen molar-refractivity contribution in [3.8, 4) is 0 Å². The molecular weight excluding hydrogens is 316 g/mol. The second kappa shape index (κ2) is 6.19. The van der Waals surface area contributed by atoms with Gasteiger partial charge in [0.25, 0.3) is 0 Å². The van der Waals surface area contributed by atoms with E-state index in [2.05, 4.69) is 4.72 Å². The van der Waals surface area contributed by atoms with E-state index in [1.165, 1.54) is 0 Å². The summed E-state index contributed by atoms with van der Waals surface area (Å²) in [6.07, 6.45) is 1.72. The summed E-state index contributed by atoms with van der Waals surface area (Å²) in [7, 11) is -3.89. The number of halogens is 2. The Morgan fingerprint density at radius 2 is 1.77 bits per heavy atom. The number of hydrogen-bond acceptors (Lipinski definition) is 4. The summed E-state index contributed by atoms with van der Waals surface area (Å²) in [5, 5.41) is 0. The van der Waals surface area contributed by atoms with Gasteiger partial charge in [-0.25, -0.2) is 21.9 Å². The first-order chi connectivity index (χ1) is 10.5. The van der Waals surface area contributed by atoms with Gasteiger partial charge in [-0.05, 0) is 37.5 Å². The van der Waals surface area contributed by atoms with E-state index in [4.69, 9.17) is 9.47 Å². The number of sulfonamides is 1. The van der Waals surface area contributed by atoms with Crippen LogP contribution in [-0.2, 0) is 19.5 Å². The minimum atomic E-state index is -3.89. The molecular formula is C14H17F2NO4S. The summed E-state index contributed by atoms with van der Waals surface area (Å²) in [4.78, 5) is -0.283. The van der Waals surface area contributed by atoms with Gasteiger partial charge in [0.2, 0.25) is 10.0 Å². The van der Waals surface area contributed by atoms with Crippen LogP contribution in [0.25, 0.3) is 0 Å². The smallest absolute Gasteiger partial charge is 0.240 e. The molecule has 0 bridgehead atoms. The Morgan fingerprint density at radius 3 is 2.50 bits per heavy atom. The van der Waals surface area contributed by atoms with Gasteiger partial charge in [0.1, 0.15) is 0 Å². The lowest BCUT2D eigenvalue weighted by atomic mass is 9.90. The maximum Gasteiger partial charge on any atom is 0.240 e. The number of benzene rings is 1. The van der Waals surface area contributed by atoms with Crippen LogP contribution in [0.5, 0.6) is 0 Å². The van der Waals surface area contributed by atoms with Crippen LogP contribution in [0.1, 0.15) is 19.3 Å². The molecule has 0 aromatic heterocycles. The van der Waals surface area contributed by atoms with E-state index in [1.54, 1.807) is 0 Å². The molecule has 2 aliphatic rings. The van der Waals surface area contributed by atoms with E-state index in [-0.39, 0.29) is 23.1 Å². The molecule has 2 fully saturated rings. The minimum Gasteiger partial charge on any atom is -0.373 e. The average Bonchev–Trinajstić information content (AvgIpc) is 2.49. The highest BCUT2D eigenvalue weighted by atomic mass is 32.2. The first kappa shape index (κ1) is 15.8. The van der Waals surface area contributed by atoms with Gasteiger partial charge in [0, 0.05) is 6.04 Å². The van der Waals surface area contributed by atoms with E-state index in [9.17, 15) is 17.2 Å². The van der Waals surface area contributed by atoms with Crippen LogP contribution in [0.2, 0.25) is 0 Å². The zero-order valence-electron chi connectivity index (χ0n) is 11.8. The van der Waals surface area contributed by atoms with Gasteiger partial charge in [0.05, 0.1) is 30.3 Å². The zero-order chi connectivity index (χ0) is 15.7. The highest BCUT2D eigenvalue weighted by molar-refractivity contribution is 7.89. The fraction of sp³-hybridized carbons (Fsp3) is 0.571. The van der Waals surface area contributed by atoms with Crippen LogP contribution in [0.3, 0.4) is 0 Å². The molecule has 0 unspecified atom stereocenters. The molecule has 1 N–H and O–H groups in total. The summed E-state index contributed by atoms with van der Waals surface area (Å²) in [6, 6.07) is 2.23. The molecule has 22 heavy (non-hydrogen) atoms. The highest BCUT2D eigenvalue weighted by Gasteiger charge is 2.35. The first-order valence-corrected chi connectivity index (χ1v) is 8.64. The highest BCUT2D eigenvalue weighted by Crippen LogP contribution is 2.27. The molecule has 8 heteroatoms. The third-order valence-corrected chi connectivity index (χ3v) is 5.52. The summed E-state index contributed by atoms with van der Waals surface area (Å²) in [6.45, 7) is 1.07. The number of nitrogens with one attached hydrogen (secondary N) is 1. The van der Waals surface area contributed by atoms with Crippen molar-refractivity contribution in [3.63, 3.8) is 0 Å². The van der Waals surface area contributed by atoms with E-state index >= 15 is 0 Å². The fourth-order valence-corrected chi connectivity index (χ4v) is 4.20. The second-order valence-electron chi connectivity index (χ2n) is 5.53. The lowest BCUT2D eigenvalue weighted by Crippen LogP contribution is -2.49. The molecule has 1 aromatic carbocycles. The number of rotatable bonds is 3. The minimum absolute atomic E-state index is 0.0118. The molecule has 1 saturated heterocycles. The van der Waals surface area contributed by atoms with Crippen LogP contribution < -0.4 is 4.72 Å². The molecule has 0 radical (unpaired) electrons. The number of fused-ring (bicyclic) bond motifs is 1. The lowest BCUT2D eigenvalue weighted by molar-refractivity contribution is -0.156. The molecule has 1 heterocycles. The Labute approximate surface area is 127 Å². The lowest BCUT2D eigenvalue weighted by Gasteiger charge is -2.38. The standard InChI is InChI=1S/C14H17F2NO4S/c15-11-3-2-10(8-12(11)16)22(18,19)17-9-1-4-13-14(7-9)21-6-5-20-13/h2-3,8-9,13-14,17H,1,4-7H2/t9-,13-,14+/m1/s1. The van der Waals surface area contributed by atoms with Gasteiger partial charge in [-0.2, -0.15) is 0 Å². The topological polar surface area (TPSA) is 64.6 Å². The molecule has 1 saturated carbocycles. The number of hydrogen-bond donors (Lipinski definition) is 1. The van der Waals surface area contributed by atoms with E-state index in [0.29, 0.717) is 38.5 Å². The Morgan fingerprint density at radius 1 is 1.05 bits per heavy atom. The van der Waals surface area contributed by atoms with Crippen LogP contribution in [0.15, 0.2) is 23.1 Å². The molecule has 5 nitrogen and oxygen atoms in total. The predicted octanol–water partition coefficient (Wildman–Crippen LogP) is 1.58. The van der Waals surface area contributed by atoms with Gasteiger partial charge in [-0.15, -0.1) is 0 Å². The van der Waals surface area contributed by atoms with Crippen molar-refractivity contribution in [3.05, 3.63) is 29.8 Å². The molecule has 0 amide bonds. The van der Waals surface area contributed by atoms with Crippen LogP contribution in [-0.4, -0.2) is 39.9 Å². The second-order valence-corrected chi connectivity index (χ2v) is 7.24. The normalized spacial score (nSPS) is 29.1. The van der Waals surface area contributed by atoms with Gasteiger partial charge in [-0.3, -0.25) is 0 Å². The fourth-order valence-electron chi connectivity index (χ4n) is 2.90. The maximum atomic E-state index is 13.2. The Balaban J connectivity index is 1.70. The molecule has 122 valence electrons. The quantitative estimate of drug-likeness (QED) is 0.912. The zero-order valence-corrected chi connectivity index (χ0v) is 12.6. The van der Waals surface area contributed by atoms with Crippen molar-refractivity contribution in [2.45, 2.75) is 42.4 Å². The Bertz CT molecular complexity index is 652. The van der Waals surface area contributed by atoms with Gasteiger partial charge in [-0.1, -0.05) is 0 Å². The van der Waals surface area contributed by atoms with Crippen molar-refractivity contribution in [2.24, 2.45) is 0 Å². The Hall–Kier alpha value is -1.09. The van der Waals surface area contributed by atoms with Crippen molar-refractivity contribution in [1.29, 1.82) is 0 Å². The van der Waals surface area contributed by atoms with Crippen molar-refractivity contribution >= 4 is 10.0 Å². The Kier molecular flexibility index (Phi) is 4.44. The van der Waals surface area contributed by atoms with E-state index in [1.807, 2.05) is 0 Å². The first-order valence-electron chi connectivity index (χ1n) is 7.16. The average molecular weight is 333 g/mol. The third kappa shape index (κ3) is 3.29. The number of ether oxygens (including phenoxy) is 2. The van der Waals surface area contributed by atoms with Crippen LogP contribution in [0, 0.1) is 11.6 Å². The van der Waals surface area contributed by atoms with Crippen molar-refractivity contribution in [1.82, 2.24) is 4.72 Å². The molecule has 3 rings (SSSR count). The monoisotopic (exact) mass is 333 g/mol. The molecule has 1 aromatic rings. The largest absolute Gasteiger partial charge is 0.373 e. The third-order valence-electron chi connectivity index (χ3n) is 4.00.